The van der Waals surface area contributed by atoms with Gasteiger partial charge in [-0.25, -0.2) is 4.79 Å². The number of rotatable bonds is 0. The molecule has 0 aromatic heterocycles. The van der Waals surface area contributed by atoms with Gasteiger partial charge in [0.1, 0.15) is 22.6 Å². The van der Waals surface area contributed by atoms with E-state index in [9.17, 15) is 22.8 Å². The van der Waals surface area contributed by atoms with Crippen LogP contribution in [0.2, 0.25) is 0 Å². The molecule has 1 saturated heterocycles. The second-order valence-corrected chi connectivity index (χ2v) is 10.0. The molecule has 0 aromatic rings. The number of nitrogens with zero attached hydrogens (tertiary/aromatic N) is 1. The number of ketones is 1. The summed E-state index contributed by atoms with van der Waals surface area (Å²) in [5.41, 5.74) is -1.29. The Balaban J connectivity index is 1.78. The zero-order valence-corrected chi connectivity index (χ0v) is 16.7. The third-order valence-corrected chi connectivity index (χ3v) is 6.82. The SMILES string of the molecule is CC(C)(C)OC(=O)N1CCC2(CC1)OCC(=O)C1=C2SC(C)(C(F)(F)F)C1. The molecule has 1 fully saturated rings. The van der Waals surface area contributed by atoms with Crippen LogP contribution in [0.25, 0.3) is 0 Å². The Morgan fingerprint density at radius 1 is 1.22 bits per heavy atom. The fraction of sp³-hybridized carbons (Fsp3) is 0.778. The van der Waals surface area contributed by atoms with E-state index in [0.717, 1.165) is 6.92 Å². The number of fused-ring (bicyclic) bond motifs is 1. The first-order valence-electron chi connectivity index (χ1n) is 8.91. The molecule has 0 aliphatic carbocycles. The number of thioether (sulfide) groups is 1. The van der Waals surface area contributed by atoms with E-state index < -0.39 is 28.2 Å². The molecule has 0 aromatic carbocycles. The van der Waals surface area contributed by atoms with Gasteiger partial charge in [0.25, 0.3) is 0 Å². The van der Waals surface area contributed by atoms with Gasteiger partial charge in [-0.3, -0.25) is 4.79 Å². The van der Waals surface area contributed by atoms with Crippen LogP contribution in [0.1, 0.15) is 47.0 Å². The number of alkyl halides is 3. The van der Waals surface area contributed by atoms with E-state index in [4.69, 9.17) is 9.47 Å². The summed E-state index contributed by atoms with van der Waals surface area (Å²) in [5, 5.41) is 0. The summed E-state index contributed by atoms with van der Waals surface area (Å²) in [7, 11) is 0. The Bertz CT molecular complexity index is 690. The van der Waals surface area contributed by atoms with Gasteiger partial charge in [-0.15, -0.1) is 11.8 Å². The largest absolute Gasteiger partial charge is 0.444 e. The average molecular weight is 407 g/mol. The summed E-state index contributed by atoms with van der Waals surface area (Å²) in [5.74, 6) is -0.370. The van der Waals surface area contributed by atoms with Crippen LogP contribution in [0.15, 0.2) is 10.5 Å². The molecule has 27 heavy (non-hydrogen) atoms. The van der Waals surface area contributed by atoms with E-state index in [1.54, 1.807) is 25.7 Å². The molecule has 5 nitrogen and oxygen atoms in total. The number of Topliss-reactive ketones (excluding diaryl/α,β-unsaturated/α-hetero) is 1. The van der Waals surface area contributed by atoms with E-state index in [1.807, 2.05) is 0 Å². The number of ether oxygens (including phenoxy) is 2. The van der Waals surface area contributed by atoms with Crippen molar-refractivity contribution in [2.24, 2.45) is 0 Å². The molecule has 3 heterocycles. The topological polar surface area (TPSA) is 55.8 Å². The van der Waals surface area contributed by atoms with Crippen LogP contribution in [0.5, 0.6) is 0 Å². The average Bonchev–Trinajstić information content (AvgIpc) is 2.91. The van der Waals surface area contributed by atoms with E-state index in [0.29, 0.717) is 42.6 Å². The van der Waals surface area contributed by atoms with Crippen LogP contribution in [0, 0.1) is 0 Å². The minimum atomic E-state index is -4.42. The fourth-order valence-corrected chi connectivity index (χ4v) is 5.14. The predicted octanol–water partition coefficient (Wildman–Crippen LogP) is 4.07. The summed E-state index contributed by atoms with van der Waals surface area (Å²) in [6.45, 7) is 6.86. The molecule has 0 bridgehead atoms. The lowest BCUT2D eigenvalue weighted by Gasteiger charge is -2.44. The number of halogens is 3. The number of likely N-dealkylation sites (tertiary alicyclic amines) is 1. The second kappa shape index (κ2) is 6.40. The number of amides is 1. The molecule has 1 atom stereocenters. The first-order valence-corrected chi connectivity index (χ1v) is 9.72. The maximum atomic E-state index is 13.5. The molecule has 3 aliphatic heterocycles. The normalized spacial score (nSPS) is 28.6. The standard InChI is InChI=1S/C18H24F3NO4S/c1-15(2,3)26-14(24)22-7-5-17(6-8-22)13-11(12(23)10-25-17)9-16(4,27-13)18(19,20)21/h5-10H2,1-4H3. The highest BCUT2D eigenvalue weighted by Crippen LogP contribution is 2.60. The molecule has 0 radical (unpaired) electrons. The highest BCUT2D eigenvalue weighted by molar-refractivity contribution is 8.04. The lowest BCUT2D eigenvalue weighted by Crippen LogP contribution is -2.51. The maximum Gasteiger partial charge on any atom is 0.410 e. The van der Waals surface area contributed by atoms with Crippen molar-refractivity contribution in [1.29, 1.82) is 0 Å². The number of piperidine rings is 1. The number of hydrogen-bond donors (Lipinski definition) is 0. The van der Waals surface area contributed by atoms with Gasteiger partial charge in [-0.05, 0) is 40.5 Å². The van der Waals surface area contributed by atoms with E-state index in [2.05, 4.69) is 0 Å². The summed E-state index contributed by atoms with van der Waals surface area (Å²) < 4.78 is 49.7. The van der Waals surface area contributed by atoms with Gasteiger partial charge in [-0.1, -0.05) is 0 Å². The Kier molecular flexibility index (Phi) is 4.86. The first-order chi connectivity index (χ1) is 12.3. The van der Waals surface area contributed by atoms with Crippen molar-refractivity contribution < 1.29 is 32.2 Å². The highest BCUT2D eigenvalue weighted by Gasteiger charge is 2.61. The van der Waals surface area contributed by atoms with Crippen LogP contribution in [-0.4, -0.2) is 58.6 Å². The lowest BCUT2D eigenvalue weighted by atomic mass is 9.84. The van der Waals surface area contributed by atoms with Crippen LogP contribution >= 0.6 is 11.8 Å². The zero-order valence-electron chi connectivity index (χ0n) is 15.9. The Morgan fingerprint density at radius 2 is 1.81 bits per heavy atom. The molecular weight excluding hydrogens is 383 g/mol. The quantitative estimate of drug-likeness (QED) is 0.606. The third-order valence-electron chi connectivity index (χ3n) is 5.17. The molecule has 152 valence electrons. The summed E-state index contributed by atoms with van der Waals surface area (Å²) >= 11 is 0.707. The maximum absolute atomic E-state index is 13.5. The second-order valence-electron chi connectivity index (χ2n) is 8.49. The van der Waals surface area contributed by atoms with Crippen molar-refractivity contribution in [3.05, 3.63) is 10.5 Å². The Labute approximate surface area is 160 Å². The lowest BCUT2D eigenvalue weighted by molar-refractivity contribution is -0.154. The van der Waals surface area contributed by atoms with Crippen molar-refractivity contribution in [3.63, 3.8) is 0 Å². The molecule has 1 amide bonds. The van der Waals surface area contributed by atoms with Crippen molar-refractivity contribution in [3.8, 4) is 0 Å². The van der Waals surface area contributed by atoms with Gasteiger partial charge in [0, 0.05) is 30.0 Å². The molecule has 0 N–H and O–H groups in total. The number of hydrogen-bond acceptors (Lipinski definition) is 5. The number of carbonyl (C=O) groups is 2. The fourth-order valence-electron chi connectivity index (χ4n) is 3.60. The molecule has 3 aliphatic rings. The molecule has 9 heteroatoms. The van der Waals surface area contributed by atoms with Crippen molar-refractivity contribution >= 4 is 23.6 Å². The first kappa shape index (κ1) is 20.5. The van der Waals surface area contributed by atoms with Gasteiger partial charge in [0.15, 0.2) is 5.78 Å². The van der Waals surface area contributed by atoms with Gasteiger partial charge in [-0.2, -0.15) is 13.2 Å². The van der Waals surface area contributed by atoms with E-state index >= 15 is 0 Å². The Hall–Kier alpha value is -1.22. The highest BCUT2D eigenvalue weighted by atomic mass is 32.2. The molecular formula is C18H24F3NO4S. The van der Waals surface area contributed by atoms with Crippen molar-refractivity contribution in [1.82, 2.24) is 4.90 Å². The van der Waals surface area contributed by atoms with Gasteiger partial charge < -0.3 is 14.4 Å². The minimum absolute atomic E-state index is 0.209. The van der Waals surface area contributed by atoms with Crippen molar-refractivity contribution in [2.75, 3.05) is 19.7 Å². The summed E-state index contributed by atoms with van der Waals surface area (Å²) in [4.78, 5) is 26.4. The predicted molar refractivity (Wildman–Crippen MR) is 94.4 cm³/mol. The van der Waals surface area contributed by atoms with Crippen LogP contribution < -0.4 is 0 Å². The summed E-state index contributed by atoms with van der Waals surface area (Å²) in [6, 6.07) is 0. The molecule has 3 rings (SSSR count). The Morgan fingerprint density at radius 3 is 2.33 bits per heavy atom. The van der Waals surface area contributed by atoms with Crippen LogP contribution in [0.3, 0.4) is 0 Å². The minimum Gasteiger partial charge on any atom is -0.444 e. The molecule has 0 saturated carbocycles. The molecule has 1 spiro atoms. The van der Waals surface area contributed by atoms with E-state index in [1.165, 1.54) is 0 Å². The monoisotopic (exact) mass is 407 g/mol. The number of carbonyl (C=O) groups excluding carboxylic acids is 2. The smallest absolute Gasteiger partial charge is 0.410 e. The summed E-state index contributed by atoms with van der Waals surface area (Å²) in [6.07, 6.45) is -4.50. The van der Waals surface area contributed by atoms with E-state index in [-0.39, 0.29) is 24.4 Å². The zero-order chi connectivity index (χ0) is 20.3. The van der Waals surface area contributed by atoms with Crippen LogP contribution in [-0.2, 0) is 14.3 Å². The van der Waals surface area contributed by atoms with Gasteiger partial charge >= 0.3 is 12.3 Å². The van der Waals surface area contributed by atoms with Crippen LogP contribution in [0.4, 0.5) is 18.0 Å². The van der Waals surface area contributed by atoms with Gasteiger partial charge in [0.05, 0.1) is 0 Å². The van der Waals surface area contributed by atoms with Crippen molar-refractivity contribution in [2.45, 2.75) is 69.1 Å². The molecule has 1 unspecified atom stereocenters. The third kappa shape index (κ3) is 3.72. The van der Waals surface area contributed by atoms with Gasteiger partial charge in [0.2, 0.25) is 0 Å².